The summed E-state index contributed by atoms with van der Waals surface area (Å²) < 4.78 is 6.21. The van der Waals surface area contributed by atoms with Gasteiger partial charge in [0.25, 0.3) is 0 Å². The van der Waals surface area contributed by atoms with Crippen LogP contribution in [0.25, 0.3) is 10.8 Å². The van der Waals surface area contributed by atoms with Gasteiger partial charge in [0.2, 0.25) is 0 Å². The molecule has 4 aromatic carbocycles. The van der Waals surface area contributed by atoms with Crippen LogP contribution in [0.4, 0.5) is 0 Å². The first-order valence-electron chi connectivity index (χ1n) is 9.83. The van der Waals surface area contributed by atoms with E-state index < -0.39 is 0 Å². The molecule has 0 heterocycles. The Morgan fingerprint density at radius 3 is 2.45 bits per heavy atom. The topological polar surface area (TPSA) is 21.3 Å². The van der Waals surface area contributed by atoms with E-state index in [-0.39, 0.29) is 0 Å². The van der Waals surface area contributed by atoms with E-state index in [1.165, 1.54) is 27.5 Å². The summed E-state index contributed by atoms with van der Waals surface area (Å²) >= 11 is 6.11. The molecule has 0 unspecified atom stereocenters. The molecule has 0 aromatic heterocycles. The molecule has 0 amide bonds. The molecule has 4 rings (SSSR count). The zero-order valence-corrected chi connectivity index (χ0v) is 17.2. The molecule has 0 aliphatic rings. The van der Waals surface area contributed by atoms with E-state index in [1.807, 2.05) is 24.3 Å². The monoisotopic (exact) mass is 401 g/mol. The molecular formula is C26H24ClNO. The molecule has 0 fully saturated rings. The molecule has 4 aromatic rings. The highest BCUT2D eigenvalue weighted by Gasteiger charge is 2.09. The molecule has 0 spiro atoms. The molecule has 2 nitrogen and oxygen atoms in total. The van der Waals surface area contributed by atoms with Gasteiger partial charge >= 0.3 is 0 Å². The van der Waals surface area contributed by atoms with Gasteiger partial charge in [-0.3, -0.25) is 0 Å². The average molecular weight is 402 g/mol. The average Bonchev–Trinajstić information content (AvgIpc) is 2.74. The highest BCUT2D eigenvalue weighted by atomic mass is 35.5. The van der Waals surface area contributed by atoms with E-state index in [0.29, 0.717) is 6.61 Å². The van der Waals surface area contributed by atoms with Gasteiger partial charge in [-0.15, -0.1) is 0 Å². The maximum Gasteiger partial charge on any atom is 0.124 e. The molecule has 0 saturated heterocycles. The fourth-order valence-electron chi connectivity index (χ4n) is 3.46. The number of hydrogen-bond donors (Lipinski definition) is 1. The fraction of sp³-hybridized carbons (Fsp3) is 0.154. The van der Waals surface area contributed by atoms with Gasteiger partial charge in [-0.25, -0.2) is 0 Å². The number of fused-ring (bicyclic) bond motifs is 1. The minimum Gasteiger partial charge on any atom is -0.489 e. The zero-order chi connectivity index (χ0) is 20.1. The van der Waals surface area contributed by atoms with E-state index >= 15 is 0 Å². The van der Waals surface area contributed by atoms with Crippen molar-refractivity contribution >= 4 is 22.4 Å². The van der Waals surface area contributed by atoms with Crippen molar-refractivity contribution in [1.82, 2.24) is 5.32 Å². The molecule has 0 bridgehead atoms. The standard InChI is InChI=1S/C26H24ClNO/c1-19-9-11-20(12-10-19)16-28-17-25-24-8-3-2-6-22(24)13-14-26(25)29-18-21-5-4-7-23(27)15-21/h2-15,28H,16-18H2,1H3. The molecule has 0 radical (unpaired) electrons. The predicted molar refractivity (Wildman–Crippen MR) is 121 cm³/mol. The van der Waals surface area contributed by atoms with Crippen molar-refractivity contribution in [3.05, 3.63) is 112 Å². The second-order valence-electron chi connectivity index (χ2n) is 7.27. The van der Waals surface area contributed by atoms with E-state index in [1.54, 1.807) is 0 Å². The van der Waals surface area contributed by atoms with Gasteiger partial charge in [-0.05, 0) is 47.0 Å². The first kappa shape index (κ1) is 19.5. The fourth-order valence-corrected chi connectivity index (χ4v) is 3.67. The summed E-state index contributed by atoms with van der Waals surface area (Å²) in [5, 5.41) is 6.74. The van der Waals surface area contributed by atoms with Crippen molar-refractivity contribution in [1.29, 1.82) is 0 Å². The number of hydrogen-bond acceptors (Lipinski definition) is 2. The first-order valence-corrected chi connectivity index (χ1v) is 10.2. The van der Waals surface area contributed by atoms with Gasteiger partial charge in [-0.2, -0.15) is 0 Å². The Morgan fingerprint density at radius 1 is 0.793 bits per heavy atom. The second kappa shape index (κ2) is 9.13. The third kappa shape index (κ3) is 4.97. The summed E-state index contributed by atoms with van der Waals surface area (Å²) in [6.07, 6.45) is 0. The number of halogens is 1. The van der Waals surface area contributed by atoms with Gasteiger partial charge in [0.15, 0.2) is 0 Å². The summed E-state index contributed by atoms with van der Waals surface area (Å²) in [7, 11) is 0. The Labute approximate surface area is 177 Å². The molecule has 0 atom stereocenters. The van der Waals surface area contributed by atoms with Gasteiger partial charge < -0.3 is 10.1 Å². The molecular weight excluding hydrogens is 378 g/mol. The minimum absolute atomic E-state index is 0.490. The van der Waals surface area contributed by atoms with E-state index in [2.05, 4.69) is 72.9 Å². The van der Waals surface area contributed by atoms with E-state index in [4.69, 9.17) is 16.3 Å². The molecule has 146 valence electrons. The largest absolute Gasteiger partial charge is 0.489 e. The van der Waals surface area contributed by atoms with E-state index in [9.17, 15) is 0 Å². The first-order chi connectivity index (χ1) is 14.2. The Morgan fingerprint density at radius 2 is 1.62 bits per heavy atom. The summed E-state index contributed by atoms with van der Waals surface area (Å²) in [6, 6.07) is 29.1. The van der Waals surface area contributed by atoms with Gasteiger partial charge in [0.1, 0.15) is 12.4 Å². The van der Waals surface area contributed by atoms with Crippen LogP contribution in [0.5, 0.6) is 5.75 Å². The van der Waals surface area contributed by atoms with Crippen LogP contribution in [0.1, 0.15) is 22.3 Å². The summed E-state index contributed by atoms with van der Waals surface area (Å²) in [4.78, 5) is 0. The van der Waals surface area contributed by atoms with E-state index in [0.717, 1.165) is 29.4 Å². The second-order valence-corrected chi connectivity index (χ2v) is 7.71. The lowest BCUT2D eigenvalue weighted by atomic mass is 10.0. The Kier molecular flexibility index (Phi) is 6.14. The quantitative estimate of drug-likeness (QED) is 0.373. The smallest absolute Gasteiger partial charge is 0.124 e. The number of nitrogens with one attached hydrogen (secondary N) is 1. The summed E-state index contributed by atoms with van der Waals surface area (Å²) in [5.41, 5.74) is 4.79. The molecule has 0 aliphatic carbocycles. The number of ether oxygens (including phenoxy) is 1. The summed E-state index contributed by atoms with van der Waals surface area (Å²) in [5.74, 6) is 0.903. The van der Waals surface area contributed by atoms with Crippen molar-refractivity contribution < 1.29 is 4.74 Å². The highest BCUT2D eigenvalue weighted by Crippen LogP contribution is 2.29. The maximum atomic E-state index is 6.21. The van der Waals surface area contributed by atoms with Gasteiger partial charge in [-0.1, -0.05) is 83.9 Å². The van der Waals surface area contributed by atoms with Crippen LogP contribution < -0.4 is 10.1 Å². The minimum atomic E-state index is 0.490. The SMILES string of the molecule is Cc1ccc(CNCc2c(OCc3cccc(Cl)c3)ccc3ccccc23)cc1. The summed E-state index contributed by atoms with van der Waals surface area (Å²) in [6.45, 7) is 4.15. The van der Waals surface area contributed by atoms with Crippen LogP contribution in [0.2, 0.25) is 5.02 Å². The molecule has 29 heavy (non-hydrogen) atoms. The molecule has 0 aliphatic heterocycles. The number of aryl methyl sites for hydroxylation is 1. The Bertz CT molecular complexity index is 1110. The molecule has 0 saturated carbocycles. The highest BCUT2D eigenvalue weighted by molar-refractivity contribution is 6.30. The van der Waals surface area contributed by atoms with Crippen molar-refractivity contribution in [3.8, 4) is 5.75 Å². The molecule has 1 N–H and O–H groups in total. The Balaban J connectivity index is 1.54. The van der Waals surface area contributed by atoms with Crippen LogP contribution in [-0.2, 0) is 19.7 Å². The van der Waals surface area contributed by atoms with Gasteiger partial charge in [0, 0.05) is 23.7 Å². The molecule has 3 heteroatoms. The van der Waals surface area contributed by atoms with Crippen LogP contribution in [0.15, 0.2) is 84.9 Å². The third-order valence-electron chi connectivity index (χ3n) is 5.03. The lowest BCUT2D eigenvalue weighted by Gasteiger charge is -2.15. The van der Waals surface area contributed by atoms with Crippen molar-refractivity contribution in [2.24, 2.45) is 0 Å². The van der Waals surface area contributed by atoms with Gasteiger partial charge in [0.05, 0.1) is 0 Å². The number of rotatable bonds is 7. The third-order valence-corrected chi connectivity index (χ3v) is 5.27. The lowest BCUT2D eigenvalue weighted by Crippen LogP contribution is -2.14. The van der Waals surface area contributed by atoms with Crippen LogP contribution in [0.3, 0.4) is 0 Å². The van der Waals surface area contributed by atoms with Crippen LogP contribution >= 0.6 is 11.6 Å². The normalized spacial score (nSPS) is 11.0. The van der Waals surface area contributed by atoms with Crippen molar-refractivity contribution in [3.63, 3.8) is 0 Å². The lowest BCUT2D eigenvalue weighted by molar-refractivity contribution is 0.302. The van der Waals surface area contributed by atoms with Crippen molar-refractivity contribution in [2.75, 3.05) is 0 Å². The van der Waals surface area contributed by atoms with Crippen LogP contribution in [-0.4, -0.2) is 0 Å². The Hall–Kier alpha value is -2.81. The number of benzene rings is 4. The zero-order valence-electron chi connectivity index (χ0n) is 16.5. The predicted octanol–water partition coefficient (Wildman–Crippen LogP) is 6.67. The maximum absolute atomic E-state index is 6.21. The van der Waals surface area contributed by atoms with Crippen molar-refractivity contribution in [2.45, 2.75) is 26.6 Å². The van der Waals surface area contributed by atoms with Crippen LogP contribution in [0, 0.1) is 6.92 Å².